The van der Waals surface area contributed by atoms with E-state index in [1.165, 1.54) is 7.11 Å². The smallest absolute Gasteiger partial charge is 0.255 e. The maximum atomic E-state index is 12.4. The fourth-order valence-corrected chi connectivity index (χ4v) is 3.16. The lowest BCUT2D eigenvalue weighted by Gasteiger charge is -2.10. The van der Waals surface area contributed by atoms with Crippen LogP contribution in [0.1, 0.15) is 47.8 Å². The molecule has 0 bridgehead atoms. The zero-order valence-corrected chi connectivity index (χ0v) is 17.3. The van der Waals surface area contributed by atoms with Crippen LogP contribution in [0.15, 0.2) is 48.5 Å². The van der Waals surface area contributed by atoms with Gasteiger partial charge in [-0.05, 0) is 31.0 Å². The Hall–Kier alpha value is -3.79. The number of nitrogens with zero attached hydrogens (tertiary/aromatic N) is 3. The van der Waals surface area contributed by atoms with Gasteiger partial charge in [0.05, 0.1) is 18.7 Å². The molecule has 154 valence electrons. The van der Waals surface area contributed by atoms with Gasteiger partial charge in [-0.25, -0.2) is 4.68 Å². The van der Waals surface area contributed by atoms with Crippen molar-refractivity contribution in [2.75, 3.05) is 12.8 Å². The number of nitriles is 1. The topological polar surface area (TPSA) is 106 Å². The molecule has 3 aromatic rings. The molecular formula is C23H25N5O2. The number of hydrogen-bond donors (Lipinski definition) is 2. The molecule has 0 aliphatic heterocycles. The number of aromatic nitrogens is 2. The molecule has 7 nitrogen and oxygen atoms in total. The minimum atomic E-state index is -0.205. The Morgan fingerprint density at radius 1 is 1.27 bits per heavy atom. The van der Waals surface area contributed by atoms with Crippen LogP contribution >= 0.6 is 0 Å². The summed E-state index contributed by atoms with van der Waals surface area (Å²) in [5, 5.41) is 17.0. The van der Waals surface area contributed by atoms with Gasteiger partial charge in [0.25, 0.3) is 5.91 Å². The highest BCUT2D eigenvalue weighted by molar-refractivity contribution is 5.96. The second-order valence-corrected chi connectivity index (χ2v) is 7.00. The van der Waals surface area contributed by atoms with Crippen LogP contribution in [-0.4, -0.2) is 22.8 Å². The number of ether oxygens (including phenoxy) is 1. The van der Waals surface area contributed by atoms with Gasteiger partial charge < -0.3 is 15.8 Å². The summed E-state index contributed by atoms with van der Waals surface area (Å²) in [5.41, 5.74) is 9.31. The van der Waals surface area contributed by atoms with Crippen molar-refractivity contribution in [3.8, 4) is 23.1 Å². The Labute approximate surface area is 176 Å². The average molecular weight is 403 g/mol. The monoisotopic (exact) mass is 403 g/mol. The SMILES string of the molecule is CCC(C)n1nc(-c2ccc(CNC(=O)c3ccccc3OC)cc2)c(C#N)c1N. The first-order chi connectivity index (χ1) is 14.5. The molecule has 2 aromatic carbocycles. The van der Waals surface area contributed by atoms with Crippen molar-refractivity contribution in [2.24, 2.45) is 0 Å². The lowest BCUT2D eigenvalue weighted by atomic mass is 10.1. The molecule has 1 atom stereocenters. The van der Waals surface area contributed by atoms with Gasteiger partial charge in [-0.3, -0.25) is 4.79 Å². The summed E-state index contributed by atoms with van der Waals surface area (Å²) in [6, 6.07) is 16.9. The average Bonchev–Trinajstić information content (AvgIpc) is 3.13. The molecule has 1 aromatic heterocycles. The minimum Gasteiger partial charge on any atom is -0.496 e. The number of nitrogens with one attached hydrogen (secondary N) is 1. The third kappa shape index (κ3) is 4.13. The van der Waals surface area contributed by atoms with Crippen molar-refractivity contribution >= 4 is 11.7 Å². The molecular weight excluding hydrogens is 378 g/mol. The highest BCUT2D eigenvalue weighted by Gasteiger charge is 2.19. The molecule has 1 unspecified atom stereocenters. The van der Waals surface area contributed by atoms with E-state index < -0.39 is 0 Å². The number of methoxy groups -OCH3 is 1. The van der Waals surface area contributed by atoms with E-state index in [0.717, 1.165) is 17.5 Å². The van der Waals surface area contributed by atoms with Gasteiger partial charge in [0.1, 0.15) is 28.9 Å². The predicted octanol–water partition coefficient (Wildman–Crippen LogP) is 3.91. The largest absolute Gasteiger partial charge is 0.496 e. The molecule has 0 aliphatic carbocycles. The van der Waals surface area contributed by atoms with Gasteiger partial charge in [0, 0.05) is 12.1 Å². The van der Waals surface area contributed by atoms with Crippen LogP contribution in [0.25, 0.3) is 11.3 Å². The van der Waals surface area contributed by atoms with Crippen molar-refractivity contribution in [1.82, 2.24) is 15.1 Å². The Bertz CT molecular complexity index is 1080. The molecule has 0 radical (unpaired) electrons. The number of carbonyl (C=O) groups excluding carboxylic acids is 1. The molecule has 1 amide bonds. The number of nitrogens with two attached hydrogens (primary N) is 1. The van der Waals surface area contributed by atoms with Crippen molar-refractivity contribution in [2.45, 2.75) is 32.9 Å². The number of anilines is 1. The fourth-order valence-electron chi connectivity index (χ4n) is 3.16. The summed E-state index contributed by atoms with van der Waals surface area (Å²) < 4.78 is 6.94. The van der Waals surface area contributed by atoms with Gasteiger partial charge >= 0.3 is 0 Å². The van der Waals surface area contributed by atoms with Crippen LogP contribution in [0.4, 0.5) is 5.82 Å². The van der Waals surface area contributed by atoms with Gasteiger partial charge in [-0.2, -0.15) is 10.4 Å². The Kier molecular flexibility index (Phi) is 6.38. The lowest BCUT2D eigenvalue weighted by Crippen LogP contribution is -2.23. The fraction of sp³-hybridized carbons (Fsp3) is 0.261. The van der Waals surface area contributed by atoms with E-state index in [1.54, 1.807) is 22.9 Å². The molecule has 0 fully saturated rings. The summed E-state index contributed by atoms with van der Waals surface area (Å²) in [7, 11) is 1.54. The van der Waals surface area contributed by atoms with Crippen LogP contribution in [0.3, 0.4) is 0 Å². The van der Waals surface area contributed by atoms with E-state index >= 15 is 0 Å². The molecule has 30 heavy (non-hydrogen) atoms. The minimum absolute atomic E-state index is 0.107. The van der Waals surface area contributed by atoms with Gasteiger partial charge in [-0.1, -0.05) is 43.3 Å². The Balaban J connectivity index is 1.76. The summed E-state index contributed by atoms with van der Waals surface area (Å²) >= 11 is 0. The standard InChI is InChI=1S/C23H25N5O2/c1-4-15(2)28-22(25)19(13-24)21(27-28)17-11-9-16(10-12-17)14-26-23(29)18-7-5-6-8-20(18)30-3/h5-12,15H,4,14,25H2,1-3H3,(H,26,29). The van der Waals surface area contributed by atoms with Gasteiger partial charge in [-0.15, -0.1) is 0 Å². The zero-order valence-electron chi connectivity index (χ0n) is 17.3. The highest BCUT2D eigenvalue weighted by atomic mass is 16.5. The molecule has 0 aliphatic rings. The van der Waals surface area contributed by atoms with Crippen LogP contribution in [0.2, 0.25) is 0 Å². The van der Waals surface area contributed by atoms with Crippen LogP contribution in [0, 0.1) is 11.3 Å². The quantitative estimate of drug-likeness (QED) is 0.622. The summed E-state index contributed by atoms with van der Waals surface area (Å²) in [5.74, 6) is 0.710. The number of amides is 1. The van der Waals surface area contributed by atoms with E-state index in [-0.39, 0.29) is 11.9 Å². The number of hydrogen-bond acceptors (Lipinski definition) is 5. The Morgan fingerprint density at radius 3 is 2.60 bits per heavy atom. The second kappa shape index (κ2) is 9.14. The number of nitrogen functional groups attached to an aromatic ring is 1. The van der Waals surface area contributed by atoms with E-state index in [9.17, 15) is 10.1 Å². The predicted molar refractivity (Wildman–Crippen MR) is 116 cm³/mol. The first-order valence-corrected chi connectivity index (χ1v) is 9.78. The molecule has 3 rings (SSSR count). The molecule has 1 heterocycles. The number of benzene rings is 2. The van der Waals surface area contributed by atoms with E-state index in [4.69, 9.17) is 10.5 Å². The third-order valence-electron chi connectivity index (χ3n) is 5.10. The van der Waals surface area contributed by atoms with Crippen LogP contribution < -0.4 is 15.8 Å². The first-order valence-electron chi connectivity index (χ1n) is 9.78. The normalized spacial score (nSPS) is 11.5. The maximum absolute atomic E-state index is 12.4. The van der Waals surface area contributed by atoms with Crippen molar-refractivity contribution in [1.29, 1.82) is 5.26 Å². The summed E-state index contributed by atoms with van der Waals surface area (Å²) in [6.07, 6.45) is 0.862. The third-order valence-corrected chi connectivity index (χ3v) is 5.10. The molecule has 0 saturated heterocycles. The number of carbonyl (C=O) groups is 1. The molecule has 7 heteroatoms. The zero-order chi connectivity index (χ0) is 21.7. The molecule has 0 saturated carbocycles. The lowest BCUT2D eigenvalue weighted by molar-refractivity contribution is 0.0948. The summed E-state index contributed by atoms with van der Waals surface area (Å²) in [6.45, 7) is 4.43. The molecule has 0 spiro atoms. The number of rotatable bonds is 7. The molecule has 3 N–H and O–H groups in total. The summed E-state index contributed by atoms with van der Waals surface area (Å²) in [4.78, 5) is 12.4. The van der Waals surface area contributed by atoms with Gasteiger partial charge in [0.15, 0.2) is 0 Å². The van der Waals surface area contributed by atoms with Crippen molar-refractivity contribution in [3.05, 3.63) is 65.2 Å². The first kappa shape index (κ1) is 20.9. The van der Waals surface area contributed by atoms with Crippen LogP contribution in [-0.2, 0) is 6.54 Å². The van der Waals surface area contributed by atoms with E-state index in [0.29, 0.717) is 34.9 Å². The van der Waals surface area contributed by atoms with Crippen LogP contribution in [0.5, 0.6) is 5.75 Å². The van der Waals surface area contributed by atoms with Gasteiger partial charge in [0.2, 0.25) is 0 Å². The van der Waals surface area contributed by atoms with E-state index in [2.05, 4.69) is 16.5 Å². The maximum Gasteiger partial charge on any atom is 0.255 e. The second-order valence-electron chi connectivity index (χ2n) is 7.00. The highest BCUT2D eigenvalue weighted by Crippen LogP contribution is 2.29. The van der Waals surface area contributed by atoms with E-state index in [1.807, 2.05) is 44.2 Å². The number of para-hydroxylation sites is 1. The van der Waals surface area contributed by atoms with Crippen molar-refractivity contribution in [3.63, 3.8) is 0 Å². The Morgan fingerprint density at radius 2 is 1.97 bits per heavy atom. The van der Waals surface area contributed by atoms with Crippen molar-refractivity contribution < 1.29 is 9.53 Å².